The average Bonchev–Trinajstić information content (AvgIpc) is 2.56. The summed E-state index contributed by atoms with van der Waals surface area (Å²) in [6.07, 6.45) is 2.80. The topological polar surface area (TPSA) is 32.3 Å². The Morgan fingerprint density at radius 2 is 1.96 bits per heavy atom. The van der Waals surface area contributed by atoms with Crippen LogP contribution >= 0.6 is 11.6 Å². The first-order valence-corrected chi connectivity index (χ1v) is 8.47. The molecule has 0 saturated heterocycles. The number of carbonyl (C=O) groups is 1. The first-order valence-electron chi connectivity index (χ1n) is 8.09. The van der Waals surface area contributed by atoms with Gasteiger partial charge in [0.2, 0.25) is 5.91 Å². The Morgan fingerprint density at radius 1 is 1.21 bits per heavy atom. The van der Waals surface area contributed by atoms with Crippen molar-refractivity contribution in [3.63, 3.8) is 0 Å². The molecule has 0 aromatic heterocycles. The van der Waals surface area contributed by atoms with Gasteiger partial charge in [0.25, 0.3) is 0 Å². The van der Waals surface area contributed by atoms with E-state index >= 15 is 0 Å². The summed E-state index contributed by atoms with van der Waals surface area (Å²) in [6, 6.07) is 15.4. The summed E-state index contributed by atoms with van der Waals surface area (Å²) in [4.78, 5) is 14.8. The first-order chi connectivity index (χ1) is 11.5. The molecule has 1 heterocycles. The zero-order chi connectivity index (χ0) is 17.1. The molecule has 24 heavy (non-hydrogen) atoms. The van der Waals surface area contributed by atoms with Crippen LogP contribution in [-0.2, 0) is 11.2 Å². The molecule has 0 unspecified atom stereocenters. The lowest BCUT2D eigenvalue weighted by Crippen LogP contribution is -2.49. The number of nitrogens with zero attached hydrogens (tertiary/aromatic N) is 1. The average molecular weight is 341 g/mol. The Hall–Kier alpha value is -2.26. The third kappa shape index (κ3) is 3.62. The van der Waals surface area contributed by atoms with Crippen molar-refractivity contribution in [3.8, 4) is 0 Å². The van der Waals surface area contributed by atoms with E-state index in [4.69, 9.17) is 11.6 Å². The molecule has 3 rings (SSSR count). The first kappa shape index (κ1) is 16.6. The van der Waals surface area contributed by atoms with E-state index in [9.17, 15) is 4.79 Å². The van der Waals surface area contributed by atoms with Crippen LogP contribution in [0.2, 0.25) is 5.02 Å². The Balaban J connectivity index is 1.98. The molecule has 1 N–H and O–H groups in total. The summed E-state index contributed by atoms with van der Waals surface area (Å²) in [7, 11) is 0. The number of amides is 1. The third-order valence-electron chi connectivity index (χ3n) is 4.17. The molecule has 0 radical (unpaired) electrons. The monoisotopic (exact) mass is 340 g/mol. The molecule has 1 atom stereocenters. The molecule has 0 spiro atoms. The predicted molar refractivity (Wildman–Crippen MR) is 101 cm³/mol. The number of carbonyl (C=O) groups excluding carboxylic acids is 1. The van der Waals surface area contributed by atoms with Gasteiger partial charge in [-0.3, -0.25) is 4.79 Å². The highest BCUT2D eigenvalue weighted by Crippen LogP contribution is 2.35. The van der Waals surface area contributed by atoms with E-state index in [2.05, 4.69) is 42.3 Å². The number of fused-ring (bicyclic) bond motifs is 1. The Bertz CT molecular complexity index is 766. The molecule has 2 aromatic rings. The second-order valence-electron chi connectivity index (χ2n) is 6.29. The molecule has 0 saturated carbocycles. The van der Waals surface area contributed by atoms with Crippen molar-refractivity contribution in [1.82, 2.24) is 0 Å². The van der Waals surface area contributed by atoms with Crippen LogP contribution in [0, 0.1) is 0 Å². The van der Waals surface area contributed by atoms with Gasteiger partial charge in [-0.05, 0) is 37.6 Å². The lowest BCUT2D eigenvalue weighted by atomic mass is 10.00. The zero-order valence-corrected chi connectivity index (χ0v) is 14.7. The second kappa shape index (κ2) is 7.10. The van der Waals surface area contributed by atoms with Crippen LogP contribution in [0.5, 0.6) is 0 Å². The number of benzene rings is 2. The molecule has 0 bridgehead atoms. The Labute approximate surface area is 147 Å². The quantitative estimate of drug-likeness (QED) is 0.820. The molecule has 1 amide bonds. The highest BCUT2D eigenvalue weighted by Gasteiger charge is 2.32. The molecule has 2 aromatic carbocycles. The minimum atomic E-state index is -0.256. The van der Waals surface area contributed by atoms with E-state index in [0.29, 0.717) is 18.0 Å². The van der Waals surface area contributed by atoms with Gasteiger partial charge >= 0.3 is 0 Å². The third-order valence-corrected chi connectivity index (χ3v) is 4.41. The van der Waals surface area contributed by atoms with Gasteiger partial charge in [0.05, 0.1) is 11.4 Å². The summed E-state index contributed by atoms with van der Waals surface area (Å²) < 4.78 is 0. The highest BCUT2D eigenvalue weighted by molar-refractivity contribution is 6.31. The van der Waals surface area contributed by atoms with Crippen molar-refractivity contribution in [1.29, 1.82) is 0 Å². The second-order valence-corrected chi connectivity index (χ2v) is 6.73. The summed E-state index contributed by atoms with van der Waals surface area (Å²) in [6.45, 7) is 4.81. The van der Waals surface area contributed by atoms with Gasteiger partial charge < -0.3 is 10.2 Å². The molecule has 124 valence electrons. The van der Waals surface area contributed by atoms with Gasteiger partial charge in [-0.1, -0.05) is 53.6 Å². The van der Waals surface area contributed by atoms with E-state index in [-0.39, 0.29) is 11.9 Å². The molecule has 0 aliphatic carbocycles. The number of nitrogens with one attached hydrogen (secondary N) is 1. The molecule has 0 fully saturated rings. The summed E-state index contributed by atoms with van der Waals surface area (Å²) in [5, 5.41) is 3.69. The zero-order valence-electron chi connectivity index (χ0n) is 13.9. The predicted octanol–water partition coefficient (Wildman–Crippen LogP) is 4.68. The minimum absolute atomic E-state index is 0.0239. The van der Waals surface area contributed by atoms with Gasteiger partial charge in [-0.2, -0.15) is 0 Å². The van der Waals surface area contributed by atoms with Crippen LogP contribution in [0.4, 0.5) is 11.4 Å². The standard InChI is InChI=1S/C20H21ClN2O/c1-14(2)10-11-23-18-13-16(21)8-9-17(18)22-20(24)19(23)12-15-6-4-3-5-7-15/h3-10,13,19H,11-12H2,1-2H3,(H,22,24)/t19-/m0/s1. The van der Waals surface area contributed by atoms with Gasteiger partial charge in [0.1, 0.15) is 6.04 Å². The Kier molecular flexibility index (Phi) is 4.91. The smallest absolute Gasteiger partial charge is 0.247 e. The maximum atomic E-state index is 12.7. The minimum Gasteiger partial charge on any atom is -0.354 e. The van der Waals surface area contributed by atoms with Gasteiger partial charge in [-0.25, -0.2) is 0 Å². The van der Waals surface area contributed by atoms with Gasteiger partial charge in [-0.15, -0.1) is 0 Å². The molecule has 4 heteroatoms. The molecular formula is C20H21ClN2O. The van der Waals surface area contributed by atoms with E-state index in [0.717, 1.165) is 16.9 Å². The molecule has 1 aliphatic rings. The van der Waals surface area contributed by atoms with Crippen LogP contribution in [-0.4, -0.2) is 18.5 Å². The fourth-order valence-corrected chi connectivity index (χ4v) is 3.09. The number of allylic oxidation sites excluding steroid dienone is 1. The maximum absolute atomic E-state index is 12.7. The van der Waals surface area contributed by atoms with E-state index in [1.54, 1.807) is 6.07 Å². The lowest BCUT2D eigenvalue weighted by molar-refractivity contribution is -0.117. The summed E-state index contributed by atoms with van der Waals surface area (Å²) in [5.74, 6) is 0.0239. The van der Waals surface area contributed by atoms with Crippen molar-refractivity contribution >= 4 is 28.9 Å². The van der Waals surface area contributed by atoms with Crippen LogP contribution in [0.3, 0.4) is 0 Å². The highest BCUT2D eigenvalue weighted by atomic mass is 35.5. The van der Waals surface area contributed by atoms with E-state index < -0.39 is 0 Å². The van der Waals surface area contributed by atoms with Crippen LogP contribution in [0.25, 0.3) is 0 Å². The van der Waals surface area contributed by atoms with Crippen molar-refractivity contribution in [3.05, 3.63) is 70.8 Å². The van der Waals surface area contributed by atoms with E-state index in [1.165, 1.54) is 5.57 Å². The number of hydrogen-bond acceptors (Lipinski definition) is 2. The summed E-state index contributed by atoms with van der Waals surface area (Å²) >= 11 is 6.19. The van der Waals surface area contributed by atoms with Crippen LogP contribution in [0.1, 0.15) is 19.4 Å². The van der Waals surface area contributed by atoms with Crippen molar-refractivity contribution in [2.45, 2.75) is 26.3 Å². The SMILES string of the molecule is CC(C)=CCN1c2cc(Cl)ccc2NC(=O)[C@@H]1Cc1ccccc1. The largest absolute Gasteiger partial charge is 0.354 e. The number of anilines is 2. The number of hydrogen-bond donors (Lipinski definition) is 1. The number of rotatable bonds is 4. The molecular weight excluding hydrogens is 320 g/mol. The summed E-state index contributed by atoms with van der Waals surface area (Å²) in [5.41, 5.74) is 4.16. The maximum Gasteiger partial charge on any atom is 0.247 e. The molecule has 3 nitrogen and oxygen atoms in total. The fourth-order valence-electron chi connectivity index (χ4n) is 2.92. The molecule has 1 aliphatic heterocycles. The van der Waals surface area contributed by atoms with Crippen LogP contribution in [0.15, 0.2) is 60.2 Å². The van der Waals surface area contributed by atoms with E-state index in [1.807, 2.05) is 30.3 Å². The van der Waals surface area contributed by atoms with Gasteiger partial charge in [0.15, 0.2) is 0 Å². The lowest BCUT2D eigenvalue weighted by Gasteiger charge is -2.38. The number of halogens is 1. The normalized spacial score (nSPS) is 16.4. The van der Waals surface area contributed by atoms with Crippen molar-refractivity contribution in [2.24, 2.45) is 0 Å². The van der Waals surface area contributed by atoms with Gasteiger partial charge in [0, 0.05) is 18.0 Å². The van der Waals surface area contributed by atoms with Crippen LogP contribution < -0.4 is 10.2 Å². The Morgan fingerprint density at radius 3 is 2.67 bits per heavy atom. The van der Waals surface area contributed by atoms with Crippen molar-refractivity contribution in [2.75, 3.05) is 16.8 Å². The fraction of sp³-hybridized carbons (Fsp3) is 0.250. The van der Waals surface area contributed by atoms with Crippen molar-refractivity contribution < 1.29 is 4.79 Å².